The number of hydrogen-bond acceptors (Lipinski definition) is 2. The first-order chi connectivity index (χ1) is 7.31. The Bertz CT molecular complexity index is 466. The van der Waals surface area contributed by atoms with Gasteiger partial charge < -0.3 is 10.4 Å². The lowest BCUT2D eigenvalue weighted by molar-refractivity contribution is 0.475. The van der Waals surface area contributed by atoms with Crippen LogP contribution >= 0.6 is 0 Å². The molecule has 76 valence electrons. The monoisotopic (exact) mass is 199 g/mol. The Morgan fingerprint density at radius 3 is 2.53 bits per heavy atom. The first-order valence-electron chi connectivity index (χ1n) is 4.87. The predicted octanol–water partition coefficient (Wildman–Crippen LogP) is 3.10. The van der Waals surface area contributed by atoms with Gasteiger partial charge in [0.1, 0.15) is 5.75 Å². The Hall–Kier alpha value is -1.96. The van der Waals surface area contributed by atoms with Gasteiger partial charge in [-0.25, -0.2) is 0 Å². The highest BCUT2D eigenvalue weighted by molar-refractivity contribution is 5.78. The lowest BCUT2D eigenvalue weighted by atomic mass is 10.0. The molecule has 0 amide bonds. The van der Waals surface area contributed by atoms with Gasteiger partial charge in [0.2, 0.25) is 0 Å². The number of para-hydroxylation sites is 1. The SMILES string of the molecule is CNc1ccccc1-c1cccc(O)c1. The standard InChI is InChI=1S/C13H13NO/c1-14-13-8-3-2-7-12(13)10-5-4-6-11(15)9-10/h2-9,14-15H,1H3. The minimum atomic E-state index is 0.290. The number of phenols is 1. The van der Waals surface area contributed by atoms with Crippen LogP contribution in [0.4, 0.5) is 5.69 Å². The van der Waals surface area contributed by atoms with Crippen LogP contribution in [0.3, 0.4) is 0 Å². The van der Waals surface area contributed by atoms with Crippen LogP contribution in [-0.2, 0) is 0 Å². The highest BCUT2D eigenvalue weighted by Gasteiger charge is 2.02. The molecular formula is C13H13NO. The molecule has 2 heteroatoms. The summed E-state index contributed by atoms with van der Waals surface area (Å²) >= 11 is 0. The number of benzene rings is 2. The second kappa shape index (κ2) is 4.05. The van der Waals surface area contributed by atoms with Crippen molar-refractivity contribution in [2.24, 2.45) is 0 Å². The van der Waals surface area contributed by atoms with Crippen molar-refractivity contribution in [2.45, 2.75) is 0 Å². The molecule has 0 atom stereocenters. The first kappa shape index (κ1) is 9.59. The highest BCUT2D eigenvalue weighted by Crippen LogP contribution is 2.29. The molecule has 2 rings (SSSR count). The summed E-state index contributed by atoms with van der Waals surface area (Å²) in [6, 6.07) is 15.3. The molecule has 0 bridgehead atoms. The lowest BCUT2D eigenvalue weighted by Gasteiger charge is -2.08. The summed E-state index contributed by atoms with van der Waals surface area (Å²) in [5.74, 6) is 0.290. The van der Waals surface area contributed by atoms with E-state index in [1.54, 1.807) is 12.1 Å². The van der Waals surface area contributed by atoms with E-state index < -0.39 is 0 Å². The summed E-state index contributed by atoms with van der Waals surface area (Å²) in [5.41, 5.74) is 3.17. The molecule has 0 saturated heterocycles. The van der Waals surface area contributed by atoms with Crippen molar-refractivity contribution in [3.8, 4) is 16.9 Å². The molecular weight excluding hydrogens is 186 g/mol. The van der Waals surface area contributed by atoms with E-state index in [1.165, 1.54) is 0 Å². The van der Waals surface area contributed by atoms with E-state index in [0.717, 1.165) is 16.8 Å². The molecule has 0 heterocycles. The van der Waals surface area contributed by atoms with Gasteiger partial charge in [-0.1, -0.05) is 30.3 Å². The number of nitrogens with one attached hydrogen (secondary N) is 1. The molecule has 0 aromatic heterocycles. The van der Waals surface area contributed by atoms with E-state index in [2.05, 4.69) is 5.32 Å². The van der Waals surface area contributed by atoms with Crippen LogP contribution in [0.2, 0.25) is 0 Å². The van der Waals surface area contributed by atoms with Gasteiger partial charge in [0.25, 0.3) is 0 Å². The molecule has 2 nitrogen and oxygen atoms in total. The van der Waals surface area contributed by atoms with Crippen LogP contribution in [0.5, 0.6) is 5.75 Å². The smallest absolute Gasteiger partial charge is 0.116 e. The van der Waals surface area contributed by atoms with Crippen molar-refractivity contribution >= 4 is 5.69 Å². The average Bonchev–Trinajstić information content (AvgIpc) is 2.29. The van der Waals surface area contributed by atoms with E-state index >= 15 is 0 Å². The summed E-state index contributed by atoms with van der Waals surface area (Å²) in [7, 11) is 1.89. The van der Waals surface area contributed by atoms with Gasteiger partial charge in [0.05, 0.1) is 0 Å². The molecule has 2 N–H and O–H groups in total. The van der Waals surface area contributed by atoms with Crippen LogP contribution in [0.15, 0.2) is 48.5 Å². The van der Waals surface area contributed by atoms with Crippen LogP contribution in [0.25, 0.3) is 11.1 Å². The van der Waals surface area contributed by atoms with Crippen molar-refractivity contribution in [3.63, 3.8) is 0 Å². The van der Waals surface area contributed by atoms with Gasteiger partial charge in [-0.3, -0.25) is 0 Å². The van der Waals surface area contributed by atoms with Crippen molar-refractivity contribution in [3.05, 3.63) is 48.5 Å². The molecule has 0 aliphatic heterocycles. The van der Waals surface area contributed by atoms with E-state index in [-0.39, 0.29) is 0 Å². The topological polar surface area (TPSA) is 32.3 Å². The van der Waals surface area contributed by atoms with Gasteiger partial charge in [0, 0.05) is 18.3 Å². The Labute approximate surface area is 89.2 Å². The van der Waals surface area contributed by atoms with Crippen LogP contribution in [0, 0.1) is 0 Å². The van der Waals surface area contributed by atoms with Crippen LogP contribution < -0.4 is 5.32 Å². The van der Waals surface area contributed by atoms with Crippen molar-refractivity contribution in [2.75, 3.05) is 12.4 Å². The van der Waals surface area contributed by atoms with Gasteiger partial charge in [0.15, 0.2) is 0 Å². The lowest BCUT2D eigenvalue weighted by Crippen LogP contribution is -1.90. The fourth-order valence-corrected chi connectivity index (χ4v) is 1.63. The third-order valence-electron chi connectivity index (χ3n) is 2.35. The quantitative estimate of drug-likeness (QED) is 0.779. The largest absolute Gasteiger partial charge is 0.508 e. The molecule has 0 spiro atoms. The van der Waals surface area contributed by atoms with E-state index in [9.17, 15) is 5.11 Å². The zero-order valence-corrected chi connectivity index (χ0v) is 8.57. The highest BCUT2D eigenvalue weighted by atomic mass is 16.3. The maximum atomic E-state index is 9.42. The number of rotatable bonds is 2. The number of phenolic OH excluding ortho intramolecular Hbond substituents is 1. The maximum absolute atomic E-state index is 9.42. The second-order valence-electron chi connectivity index (χ2n) is 3.35. The van der Waals surface area contributed by atoms with Crippen molar-refractivity contribution in [1.29, 1.82) is 0 Å². The second-order valence-corrected chi connectivity index (χ2v) is 3.35. The Balaban J connectivity index is 2.53. The van der Waals surface area contributed by atoms with Gasteiger partial charge in [-0.05, 0) is 23.8 Å². The van der Waals surface area contributed by atoms with Crippen LogP contribution in [0.1, 0.15) is 0 Å². The zero-order valence-electron chi connectivity index (χ0n) is 8.57. The third-order valence-corrected chi connectivity index (χ3v) is 2.35. The first-order valence-corrected chi connectivity index (χ1v) is 4.87. The fraction of sp³-hybridized carbons (Fsp3) is 0.0769. The molecule has 0 aliphatic rings. The average molecular weight is 199 g/mol. The summed E-state index contributed by atoms with van der Waals surface area (Å²) < 4.78 is 0. The third kappa shape index (κ3) is 1.94. The van der Waals surface area contributed by atoms with Gasteiger partial charge >= 0.3 is 0 Å². The number of hydrogen-bond donors (Lipinski definition) is 2. The van der Waals surface area contributed by atoms with Gasteiger partial charge in [-0.2, -0.15) is 0 Å². The van der Waals surface area contributed by atoms with E-state index in [1.807, 2.05) is 43.4 Å². The molecule has 0 saturated carbocycles. The molecule has 2 aromatic carbocycles. The molecule has 0 fully saturated rings. The maximum Gasteiger partial charge on any atom is 0.116 e. The number of aromatic hydroxyl groups is 1. The minimum absolute atomic E-state index is 0.290. The van der Waals surface area contributed by atoms with E-state index in [4.69, 9.17) is 0 Å². The normalized spacial score (nSPS) is 9.93. The molecule has 15 heavy (non-hydrogen) atoms. The zero-order chi connectivity index (χ0) is 10.7. The predicted molar refractivity (Wildman–Crippen MR) is 63.1 cm³/mol. The van der Waals surface area contributed by atoms with Crippen LogP contribution in [-0.4, -0.2) is 12.2 Å². The molecule has 0 radical (unpaired) electrons. The van der Waals surface area contributed by atoms with Crippen molar-refractivity contribution < 1.29 is 5.11 Å². The summed E-state index contributed by atoms with van der Waals surface area (Å²) in [6.45, 7) is 0. The molecule has 2 aromatic rings. The Morgan fingerprint density at radius 1 is 1.00 bits per heavy atom. The van der Waals surface area contributed by atoms with Crippen molar-refractivity contribution in [1.82, 2.24) is 0 Å². The molecule has 0 aliphatic carbocycles. The summed E-state index contributed by atoms with van der Waals surface area (Å²) in [5, 5.41) is 12.5. The Kier molecular flexibility index (Phi) is 2.59. The molecule has 0 unspecified atom stereocenters. The summed E-state index contributed by atoms with van der Waals surface area (Å²) in [6.07, 6.45) is 0. The van der Waals surface area contributed by atoms with E-state index in [0.29, 0.717) is 5.75 Å². The summed E-state index contributed by atoms with van der Waals surface area (Å²) in [4.78, 5) is 0. The minimum Gasteiger partial charge on any atom is -0.508 e. The van der Waals surface area contributed by atoms with Gasteiger partial charge in [-0.15, -0.1) is 0 Å². The Morgan fingerprint density at radius 2 is 1.80 bits per heavy atom. The fourth-order valence-electron chi connectivity index (χ4n) is 1.63. The number of anilines is 1.